The highest BCUT2D eigenvalue weighted by Crippen LogP contribution is 2.08. The zero-order valence-corrected chi connectivity index (χ0v) is 10.5. The molecule has 2 heterocycles. The summed E-state index contributed by atoms with van der Waals surface area (Å²) in [6, 6.07) is 0. The van der Waals surface area contributed by atoms with Crippen LogP contribution in [0.25, 0.3) is 0 Å². The molecule has 0 aliphatic carbocycles. The SMILES string of the molecule is CCc1nc(N)nc(NCC(=O)N2CCCC2)n1. The lowest BCUT2D eigenvalue weighted by Crippen LogP contribution is -2.33. The summed E-state index contributed by atoms with van der Waals surface area (Å²) in [5.41, 5.74) is 5.57. The molecule has 0 aromatic carbocycles. The summed E-state index contributed by atoms with van der Waals surface area (Å²) in [5, 5.41) is 2.90. The fourth-order valence-electron chi connectivity index (χ4n) is 1.91. The average Bonchev–Trinajstić information content (AvgIpc) is 2.89. The third-order valence-corrected chi connectivity index (χ3v) is 2.87. The van der Waals surface area contributed by atoms with E-state index in [0.29, 0.717) is 18.2 Å². The van der Waals surface area contributed by atoms with Gasteiger partial charge in [-0.15, -0.1) is 0 Å². The predicted octanol–water partition coefficient (Wildman–Crippen LogP) is 0.0505. The average molecular weight is 250 g/mol. The highest BCUT2D eigenvalue weighted by Gasteiger charge is 2.17. The lowest BCUT2D eigenvalue weighted by Gasteiger charge is -2.15. The molecule has 0 atom stereocenters. The van der Waals surface area contributed by atoms with Crippen molar-refractivity contribution in [2.45, 2.75) is 26.2 Å². The van der Waals surface area contributed by atoms with Crippen LogP contribution >= 0.6 is 0 Å². The fourth-order valence-corrected chi connectivity index (χ4v) is 1.91. The number of carbonyl (C=O) groups excluding carboxylic acids is 1. The molecule has 18 heavy (non-hydrogen) atoms. The monoisotopic (exact) mass is 250 g/mol. The Balaban J connectivity index is 1.92. The molecule has 1 fully saturated rings. The molecule has 98 valence electrons. The molecule has 0 radical (unpaired) electrons. The number of amides is 1. The van der Waals surface area contributed by atoms with Crippen LogP contribution in [0.1, 0.15) is 25.6 Å². The first kappa shape index (κ1) is 12.5. The van der Waals surface area contributed by atoms with Gasteiger partial charge in [-0.1, -0.05) is 6.92 Å². The van der Waals surface area contributed by atoms with Crippen molar-refractivity contribution in [1.29, 1.82) is 0 Å². The number of nitrogens with zero attached hydrogens (tertiary/aromatic N) is 4. The van der Waals surface area contributed by atoms with Crippen LogP contribution in [0.3, 0.4) is 0 Å². The molecule has 1 saturated heterocycles. The van der Waals surface area contributed by atoms with Crippen molar-refractivity contribution in [2.24, 2.45) is 0 Å². The van der Waals surface area contributed by atoms with Gasteiger partial charge in [-0.25, -0.2) is 0 Å². The van der Waals surface area contributed by atoms with E-state index in [1.54, 1.807) is 0 Å². The number of hydrogen-bond donors (Lipinski definition) is 2. The minimum absolute atomic E-state index is 0.0736. The minimum atomic E-state index is 0.0736. The van der Waals surface area contributed by atoms with Gasteiger partial charge in [0, 0.05) is 19.5 Å². The van der Waals surface area contributed by atoms with E-state index < -0.39 is 0 Å². The third-order valence-electron chi connectivity index (χ3n) is 2.87. The number of nitrogen functional groups attached to an aromatic ring is 1. The van der Waals surface area contributed by atoms with Crippen molar-refractivity contribution in [3.8, 4) is 0 Å². The summed E-state index contributed by atoms with van der Waals surface area (Å²) in [6.07, 6.45) is 2.86. The molecule has 0 bridgehead atoms. The van der Waals surface area contributed by atoms with Crippen molar-refractivity contribution >= 4 is 17.8 Å². The summed E-state index contributed by atoms with van der Waals surface area (Å²) < 4.78 is 0. The second-order valence-electron chi connectivity index (χ2n) is 4.23. The molecule has 1 aromatic rings. The largest absolute Gasteiger partial charge is 0.368 e. The van der Waals surface area contributed by atoms with Crippen LogP contribution in [0.5, 0.6) is 0 Å². The Morgan fingerprint density at radius 1 is 1.33 bits per heavy atom. The van der Waals surface area contributed by atoms with E-state index >= 15 is 0 Å². The summed E-state index contributed by atoms with van der Waals surface area (Å²) >= 11 is 0. The van der Waals surface area contributed by atoms with Crippen molar-refractivity contribution in [3.05, 3.63) is 5.82 Å². The van der Waals surface area contributed by atoms with Gasteiger partial charge in [-0.2, -0.15) is 15.0 Å². The van der Waals surface area contributed by atoms with Crippen LogP contribution in [-0.2, 0) is 11.2 Å². The number of likely N-dealkylation sites (tertiary alicyclic amines) is 1. The molecule has 0 spiro atoms. The molecule has 3 N–H and O–H groups in total. The summed E-state index contributed by atoms with van der Waals surface area (Å²) in [6.45, 7) is 3.83. The molecule has 7 nitrogen and oxygen atoms in total. The van der Waals surface area contributed by atoms with Gasteiger partial charge in [0.15, 0.2) is 0 Å². The van der Waals surface area contributed by atoms with Gasteiger partial charge in [-0.05, 0) is 12.8 Å². The Bertz CT molecular complexity index is 430. The Morgan fingerprint density at radius 2 is 2.06 bits per heavy atom. The Hall–Kier alpha value is -1.92. The first-order valence-electron chi connectivity index (χ1n) is 6.21. The van der Waals surface area contributed by atoms with Crippen LogP contribution in [0.4, 0.5) is 11.9 Å². The Morgan fingerprint density at radius 3 is 2.72 bits per heavy atom. The molecule has 1 aliphatic rings. The van der Waals surface area contributed by atoms with Crippen LogP contribution in [0.15, 0.2) is 0 Å². The number of nitrogens with two attached hydrogens (primary N) is 1. The van der Waals surface area contributed by atoms with Gasteiger partial charge < -0.3 is 16.0 Å². The van der Waals surface area contributed by atoms with Gasteiger partial charge in [0.1, 0.15) is 5.82 Å². The maximum Gasteiger partial charge on any atom is 0.241 e. The van der Waals surface area contributed by atoms with Gasteiger partial charge >= 0.3 is 0 Å². The van der Waals surface area contributed by atoms with E-state index in [9.17, 15) is 4.79 Å². The number of aromatic nitrogens is 3. The summed E-state index contributed by atoms with van der Waals surface area (Å²) in [7, 11) is 0. The van der Waals surface area contributed by atoms with E-state index in [2.05, 4.69) is 20.3 Å². The van der Waals surface area contributed by atoms with Gasteiger partial charge in [0.2, 0.25) is 17.8 Å². The number of carbonyl (C=O) groups is 1. The zero-order valence-electron chi connectivity index (χ0n) is 10.5. The second-order valence-corrected chi connectivity index (χ2v) is 4.23. The van der Waals surface area contributed by atoms with Gasteiger partial charge in [-0.3, -0.25) is 4.79 Å². The first-order valence-corrected chi connectivity index (χ1v) is 6.21. The summed E-state index contributed by atoms with van der Waals surface area (Å²) in [5.74, 6) is 1.24. The van der Waals surface area contributed by atoms with Crippen molar-refractivity contribution in [2.75, 3.05) is 30.7 Å². The lowest BCUT2D eigenvalue weighted by atomic mass is 10.4. The van der Waals surface area contributed by atoms with Gasteiger partial charge in [0.05, 0.1) is 6.54 Å². The molecular weight excluding hydrogens is 232 g/mol. The standard InChI is InChI=1S/C11H18N6O/c1-2-8-14-10(12)16-11(15-8)13-7-9(18)17-5-3-4-6-17/h2-7H2,1H3,(H3,12,13,14,15,16). The van der Waals surface area contributed by atoms with E-state index in [0.717, 1.165) is 25.9 Å². The highest BCUT2D eigenvalue weighted by atomic mass is 16.2. The van der Waals surface area contributed by atoms with Gasteiger partial charge in [0.25, 0.3) is 0 Å². The van der Waals surface area contributed by atoms with E-state index in [1.807, 2.05) is 11.8 Å². The van der Waals surface area contributed by atoms with Crippen molar-refractivity contribution in [3.63, 3.8) is 0 Å². The lowest BCUT2D eigenvalue weighted by molar-refractivity contribution is -0.128. The van der Waals surface area contributed by atoms with Crippen LogP contribution < -0.4 is 11.1 Å². The molecule has 2 rings (SSSR count). The van der Waals surface area contributed by atoms with Crippen LogP contribution in [0, 0.1) is 0 Å². The Labute approximate surface area is 106 Å². The zero-order chi connectivity index (χ0) is 13.0. The molecule has 1 aromatic heterocycles. The molecule has 1 aliphatic heterocycles. The fraction of sp³-hybridized carbons (Fsp3) is 0.636. The maximum absolute atomic E-state index is 11.8. The highest BCUT2D eigenvalue weighted by molar-refractivity contribution is 5.80. The molecule has 7 heteroatoms. The Kier molecular flexibility index (Phi) is 3.91. The second kappa shape index (κ2) is 5.61. The van der Waals surface area contributed by atoms with Crippen molar-refractivity contribution in [1.82, 2.24) is 19.9 Å². The van der Waals surface area contributed by atoms with Crippen molar-refractivity contribution < 1.29 is 4.79 Å². The minimum Gasteiger partial charge on any atom is -0.368 e. The maximum atomic E-state index is 11.8. The van der Waals surface area contributed by atoms with Crippen LogP contribution in [-0.4, -0.2) is 45.4 Å². The molecule has 1 amide bonds. The summed E-state index contributed by atoms with van der Waals surface area (Å²) in [4.78, 5) is 25.8. The van der Waals surface area contributed by atoms with E-state index in [1.165, 1.54) is 0 Å². The number of anilines is 2. The van der Waals surface area contributed by atoms with Crippen LogP contribution in [0.2, 0.25) is 0 Å². The number of aryl methyl sites for hydroxylation is 1. The third kappa shape index (κ3) is 3.06. The van der Waals surface area contributed by atoms with E-state index in [4.69, 9.17) is 5.73 Å². The molecular formula is C11H18N6O. The van der Waals surface area contributed by atoms with E-state index in [-0.39, 0.29) is 18.4 Å². The normalized spacial score (nSPS) is 14.8. The predicted molar refractivity (Wildman–Crippen MR) is 67.9 cm³/mol. The number of hydrogen-bond acceptors (Lipinski definition) is 6. The number of nitrogens with one attached hydrogen (secondary N) is 1. The quantitative estimate of drug-likeness (QED) is 0.783. The smallest absolute Gasteiger partial charge is 0.241 e. The molecule has 0 saturated carbocycles. The number of rotatable bonds is 4. The topological polar surface area (TPSA) is 97.0 Å². The first-order chi connectivity index (χ1) is 8.69. The molecule has 0 unspecified atom stereocenters.